The van der Waals surface area contributed by atoms with Crippen molar-refractivity contribution in [3.63, 3.8) is 0 Å². The van der Waals surface area contributed by atoms with Gasteiger partial charge in [0.25, 0.3) is 0 Å². The van der Waals surface area contributed by atoms with Gasteiger partial charge in [-0.25, -0.2) is 0 Å². The second kappa shape index (κ2) is 3.19. The molecule has 0 atom stereocenters. The van der Waals surface area contributed by atoms with Crippen LogP contribution in [0, 0.1) is 24.7 Å². The Bertz CT molecular complexity index is 156. The molecule has 0 unspecified atom stereocenters. The molecule has 0 aromatic heterocycles. The van der Waals surface area contributed by atoms with Gasteiger partial charge in [-0.1, -0.05) is 6.42 Å². The first-order valence-electron chi connectivity index (χ1n) is 1.93. The molecule has 0 fully saturated rings. The standard InChI is InChI=1S/C5H5BN/c1-4-6(3)7-5-2/h1-2H,3H3/q-1. The highest BCUT2D eigenvalue weighted by Crippen LogP contribution is 1.65. The molecule has 0 radical (unpaired) electrons. The highest BCUT2D eigenvalue weighted by atomic mass is 14.6. The second-order valence-electron chi connectivity index (χ2n) is 1.10. The van der Waals surface area contributed by atoms with Gasteiger partial charge in [-0.05, 0) is 6.04 Å². The fourth-order valence-corrected chi connectivity index (χ4v) is 0.149. The number of nitrogens with zero attached hydrogens (tertiary/aromatic N) is 1. The van der Waals surface area contributed by atoms with E-state index in [4.69, 9.17) is 12.8 Å². The molecule has 0 saturated carbocycles. The molecule has 0 heterocycles. The molecular formula is C5H5BN-. The summed E-state index contributed by atoms with van der Waals surface area (Å²) in [6, 6.07) is 2.10. The Balaban J connectivity index is 3.89. The minimum absolute atomic E-state index is 0.134. The van der Waals surface area contributed by atoms with E-state index < -0.39 is 0 Å². The van der Waals surface area contributed by atoms with Crippen LogP contribution in [0.15, 0.2) is 4.90 Å². The second-order valence-corrected chi connectivity index (χ2v) is 1.10. The highest BCUT2D eigenvalue weighted by molar-refractivity contribution is 6.54. The summed E-state index contributed by atoms with van der Waals surface area (Å²) in [6.45, 7) is 1.63. The van der Waals surface area contributed by atoms with Gasteiger partial charge >= 0.3 is 0 Å². The van der Waals surface area contributed by atoms with Crippen LogP contribution in [0.2, 0.25) is 6.82 Å². The molecule has 0 aromatic rings. The van der Waals surface area contributed by atoms with Gasteiger partial charge < -0.3 is 10.7 Å². The van der Waals surface area contributed by atoms with Gasteiger partial charge in [0.2, 0.25) is 0 Å². The molecule has 0 aliphatic carbocycles. The van der Waals surface area contributed by atoms with Crippen molar-refractivity contribution in [2.45, 2.75) is 6.82 Å². The van der Waals surface area contributed by atoms with E-state index in [0.717, 1.165) is 0 Å². The highest BCUT2D eigenvalue weighted by Gasteiger charge is 1.58. The van der Waals surface area contributed by atoms with E-state index >= 15 is 0 Å². The SMILES string of the molecule is C#CN=[B-](C)C#C. The molecule has 0 aromatic carbocycles. The Morgan fingerprint density at radius 2 is 2.14 bits per heavy atom. The Labute approximate surface area is 43.9 Å². The van der Waals surface area contributed by atoms with E-state index in [1.165, 1.54) is 0 Å². The molecule has 1 nitrogen and oxygen atoms in total. The predicted molar refractivity (Wildman–Crippen MR) is 31.7 cm³/mol. The van der Waals surface area contributed by atoms with E-state index in [1.54, 1.807) is 6.82 Å². The fraction of sp³-hybridized carbons (Fsp3) is 0.200. The van der Waals surface area contributed by atoms with Gasteiger partial charge in [0.1, 0.15) is 0 Å². The van der Waals surface area contributed by atoms with Gasteiger partial charge in [0, 0.05) is 6.51 Å². The van der Waals surface area contributed by atoms with Gasteiger partial charge in [0.05, 0.1) is 0 Å². The number of hydrogen-bond donors (Lipinski definition) is 0. The summed E-state index contributed by atoms with van der Waals surface area (Å²) < 4.78 is 0. The van der Waals surface area contributed by atoms with Crippen molar-refractivity contribution in [1.82, 2.24) is 0 Å². The maximum Gasteiger partial charge on any atom is 0.0445 e. The Kier molecular flexibility index (Phi) is 2.72. The smallest absolute Gasteiger partial charge is 0.0445 e. The third-order valence-corrected chi connectivity index (χ3v) is 0.509. The molecule has 0 amide bonds. The van der Waals surface area contributed by atoms with Crippen LogP contribution in [0.25, 0.3) is 0 Å². The molecule has 0 rings (SSSR count). The Morgan fingerprint density at radius 1 is 1.57 bits per heavy atom. The van der Waals surface area contributed by atoms with Gasteiger partial charge in [-0.15, -0.1) is 0 Å². The summed E-state index contributed by atoms with van der Waals surface area (Å²) in [5.41, 5.74) is 0. The lowest BCUT2D eigenvalue weighted by Gasteiger charge is -1.88. The normalized spacial score (nSPS) is 9.29. The van der Waals surface area contributed by atoms with Crippen molar-refractivity contribution >= 4 is 6.51 Å². The summed E-state index contributed by atoms with van der Waals surface area (Å²) in [5.74, 6) is 2.36. The van der Waals surface area contributed by atoms with Crippen molar-refractivity contribution in [2.24, 2.45) is 4.90 Å². The average molecular weight is 89.9 g/mol. The maximum absolute atomic E-state index is 4.92. The van der Waals surface area contributed by atoms with Crippen LogP contribution in [0.4, 0.5) is 0 Å². The molecule has 34 valence electrons. The van der Waals surface area contributed by atoms with Gasteiger partial charge in [-0.2, -0.15) is 13.2 Å². The van der Waals surface area contributed by atoms with Crippen LogP contribution >= 0.6 is 0 Å². The monoisotopic (exact) mass is 90.1 g/mol. The molecule has 0 aliphatic heterocycles. The molecule has 0 aliphatic rings. The predicted octanol–water partition coefficient (Wildman–Crippen LogP) is 0.639. The van der Waals surface area contributed by atoms with Gasteiger partial charge in [0.15, 0.2) is 0 Å². The molecule has 0 N–H and O–H groups in total. The molecule has 2 heteroatoms. The van der Waals surface area contributed by atoms with Crippen molar-refractivity contribution < 1.29 is 0 Å². The number of hydrogen-bond acceptors (Lipinski definition) is 1. The van der Waals surface area contributed by atoms with Crippen LogP contribution < -0.4 is 0 Å². The van der Waals surface area contributed by atoms with Crippen molar-refractivity contribution in [3.05, 3.63) is 0 Å². The average Bonchev–Trinajstić information content (AvgIpc) is 1.68. The largest absolute Gasteiger partial charge is 0.462 e. The number of rotatable bonds is 0. The first-order chi connectivity index (χ1) is 3.31. The van der Waals surface area contributed by atoms with Crippen LogP contribution in [-0.4, -0.2) is 6.51 Å². The van der Waals surface area contributed by atoms with Crippen molar-refractivity contribution in [3.8, 4) is 24.7 Å². The summed E-state index contributed by atoms with van der Waals surface area (Å²) in [7, 11) is 0. The summed E-state index contributed by atoms with van der Waals surface area (Å²) in [4.78, 5) is 3.53. The van der Waals surface area contributed by atoms with E-state index in [9.17, 15) is 0 Å². The quantitative estimate of drug-likeness (QED) is 0.305. The maximum atomic E-state index is 4.92. The third kappa shape index (κ3) is 2.80. The van der Waals surface area contributed by atoms with Crippen LogP contribution in [0.5, 0.6) is 0 Å². The first-order valence-corrected chi connectivity index (χ1v) is 1.93. The van der Waals surface area contributed by atoms with Crippen LogP contribution in [0.1, 0.15) is 0 Å². The molecular weight excluding hydrogens is 84.9 g/mol. The van der Waals surface area contributed by atoms with E-state index in [1.807, 2.05) is 0 Å². The van der Waals surface area contributed by atoms with Crippen molar-refractivity contribution in [2.75, 3.05) is 0 Å². The van der Waals surface area contributed by atoms with E-state index in [0.29, 0.717) is 0 Å². The zero-order valence-corrected chi connectivity index (χ0v) is 4.18. The topological polar surface area (TPSA) is 12.4 Å². The zero-order chi connectivity index (χ0) is 5.70. The zero-order valence-electron chi connectivity index (χ0n) is 4.18. The molecule has 0 spiro atoms. The van der Waals surface area contributed by atoms with Crippen LogP contribution in [-0.2, 0) is 0 Å². The van der Waals surface area contributed by atoms with Gasteiger partial charge in [-0.3, -0.25) is 0 Å². The third-order valence-electron chi connectivity index (χ3n) is 0.509. The molecule has 7 heavy (non-hydrogen) atoms. The summed E-state index contributed by atoms with van der Waals surface area (Å²) in [5, 5.41) is 0. The minimum atomic E-state index is -0.134. The lowest BCUT2D eigenvalue weighted by atomic mass is 9.76. The Morgan fingerprint density at radius 3 is 2.29 bits per heavy atom. The summed E-state index contributed by atoms with van der Waals surface area (Å²) >= 11 is 0. The number of terminal acetylenes is 2. The Hall–Kier alpha value is -1.02. The van der Waals surface area contributed by atoms with E-state index in [2.05, 4.69) is 16.8 Å². The molecule has 0 bridgehead atoms. The minimum Gasteiger partial charge on any atom is -0.462 e. The molecule has 0 saturated heterocycles. The van der Waals surface area contributed by atoms with Crippen molar-refractivity contribution in [1.29, 1.82) is 0 Å². The first kappa shape index (κ1) is 5.98. The lowest BCUT2D eigenvalue weighted by Crippen LogP contribution is -1.83. The summed E-state index contributed by atoms with van der Waals surface area (Å²) in [6.07, 6.45) is 9.71. The van der Waals surface area contributed by atoms with E-state index in [-0.39, 0.29) is 6.51 Å². The van der Waals surface area contributed by atoms with Crippen LogP contribution in [0.3, 0.4) is 0 Å². The lowest BCUT2D eigenvalue weighted by molar-refractivity contribution is 1.73. The fourth-order valence-electron chi connectivity index (χ4n) is 0.149.